The van der Waals surface area contributed by atoms with Gasteiger partial charge in [-0.3, -0.25) is 4.79 Å². The van der Waals surface area contributed by atoms with E-state index in [1.54, 1.807) is 6.92 Å². The third-order valence-corrected chi connectivity index (χ3v) is 1.56. The molecule has 1 N–H and O–H groups in total. The second-order valence-corrected chi connectivity index (χ2v) is 3.99. The van der Waals surface area contributed by atoms with Crippen LogP contribution in [-0.4, -0.2) is 37.0 Å². The minimum Gasteiger partial charge on any atom is -0.340 e. The highest BCUT2D eigenvalue weighted by molar-refractivity contribution is 5.73. The summed E-state index contributed by atoms with van der Waals surface area (Å²) in [4.78, 5) is 12.6. The first-order valence-electron chi connectivity index (χ1n) is 5.00. The van der Waals surface area contributed by atoms with Crippen molar-refractivity contribution in [1.82, 2.24) is 10.2 Å². The number of hydrogen-bond acceptors (Lipinski definition) is 2. The number of nitrogens with zero attached hydrogens (tertiary/aromatic N) is 1. The van der Waals surface area contributed by atoms with Crippen molar-refractivity contribution in [3.63, 3.8) is 0 Å². The normalized spacial score (nSPS) is 16.5. The minimum atomic E-state index is 0.191. The maximum Gasteiger partial charge on any atom is 0.219 e. The van der Waals surface area contributed by atoms with Gasteiger partial charge in [-0.25, -0.2) is 0 Å². The molecular weight excluding hydrogens is 164 g/mol. The fraction of sp³-hybridized carbons (Fsp3) is 0.900. The Morgan fingerprint density at radius 1 is 1.23 bits per heavy atom. The smallest absolute Gasteiger partial charge is 0.219 e. The van der Waals surface area contributed by atoms with Crippen LogP contribution in [0, 0.1) is 5.92 Å². The Morgan fingerprint density at radius 3 is 1.85 bits per heavy atom. The van der Waals surface area contributed by atoms with Crippen LogP contribution in [0.2, 0.25) is 0 Å². The maximum absolute atomic E-state index is 10.7. The molecule has 3 heteroatoms. The average Bonchev–Trinajstić information content (AvgIpc) is 2.05. The van der Waals surface area contributed by atoms with Crippen molar-refractivity contribution < 1.29 is 4.79 Å². The molecular formula is C10H22N2O. The molecule has 0 atom stereocenters. The highest BCUT2D eigenvalue weighted by atomic mass is 16.2. The molecule has 1 heterocycles. The van der Waals surface area contributed by atoms with Gasteiger partial charge in [-0.2, -0.15) is 0 Å². The van der Waals surface area contributed by atoms with E-state index in [1.165, 1.54) is 0 Å². The lowest BCUT2D eigenvalue weighted by atomic mass is 10.3. The largest absolute Gasteiger partial charge is 0.340 e. The standard InChI is InChI=1S/C6H12N2O.C4H10/c1-6(9)8-4-2-7-3-5-8;1-4(2)3/h7H,2-5H2,1H3;4H,1-3H3. The van der Waals surface area contributed by atoms with Crippen molar-refractivity contribution in [2.75, 3.05) is 26.2 Å². The number of carbonyl (C=O) groups is 1. The Bertz CT molecular complexity index is 137. The summed E-state index contributed by atoms with van der Waals surface area (Å²) < 4.78 is 0. The summed E-state index contributed by atoms with van der Waals surface area (Å²) in [6, 6.07) is 0. The quantitative estimate of drug-likeness (QED) is 0.614. The molecule has 0 aliphatic carbocycles. The van der Waals surface area contributed by atoms with Crippen molar-refractivity contribution >= 4 is 5.91 Å². The first kappa shape index (κ1) is 12.4. The fourth-order valence-corrected chi connectivity index (χ4v) is 0.980. The van der Waals surface area contributed by atoms with Crippen molar-refractivity contribution in [3.05, 3.63) is 0 Å². The lowest BCUT2D eigenvalue weighted by molar-refractivity contribution is -0.129. The first-order chi connectivity index (χ1) is 6.04. The Hall–Kier alpha value is -0.570. The van der Waals surface area contributed by atoms with E-state index in [2.05, 4.69) is 26.1 Å². The van der Waals surface area contributed by atoms with E-state index in [1.807, 2.05) is 4.90 Å². The molecule has 0 unspecified atom stereocenters. The number of piperazine rings is 1. The predicted octanol–water partition coefficient (Wildman–Crippen LogP) is 1.10. The number of nitrogens with one attached hydrogen (secondary N) is 1. The van der Waals surface area contributed by atoms with E-state index in [-0.39, 0.29) is 5.91 Å². The van der Waals surface area contributed by atoms with Crippen LogP contribution in [0.25, 0.3) is 0 Å². The zero-order valence-electron chi connectivity index (χ0n) is 9.26. The van der Waals surface area contributed by atoms with Crippen molar-refractivity contribution in [1.29, 1.82) is 0 Å². The molecule has 0 radical (unpaired) electrons. The predicted molar refractivity (Wildman–Crippen MR) is 55.6 cm³/mol. The topological polar surface area (TPSA) is 32.3 Å². The number of hydrogen-bond donors (Lipinski definition) is 1. The van der Waals surface area contributed by atoms with Crippen LogP contribution < -0.4 is 5.32 Å². The van der Waals surface area contributed by atoms with Crippen LogP contribution in [-0.2, 0) is 4.79 Å². The van der Waals surface area contributed by atoms with Crippen LogP contribution >= 0.6 is 0 Å². The monoisotopic (exact) mass is 186 g/mol. The molecule has 1 fully saturated rings. The zero-order chi connectivity index (χ0) is 10.3. The van der Waals surface area contributed by atoms with E-state index in [0.29, 0.717) is 0 Å². The van der Waals surface area contributed by atoms with Gasteiger partial charge in [0.2, 0.25) is 5.91 Å². The molecule has 1 saturated heterocycles. The SMILES string of the molecule is CC(=O)N1CCNCC1.CC(C)C. The molecule has 0 aromatic carbocycles. The van der Waals surface area contributed by atoms with Crippen LogP contribution in [0.4, 0.5) is 0 Å². The van der Waals surface area contributed by atoms with Gasteiger partial charge in [-0.1, -0.05) is 20.8 Å². The molecule has 1 aliphatic heterocycles. The van der Waals surface area contributed by atoms with Gasteiger partial charge in [0.25, 0.3) is 0 Å². The molecule has 0 aromatic rings. The third-order valence-electron chi connectivity index (χ3n) is 1.56. The first-order valence-corrected chi connectivity index (χ1v) is 5.00. The summed E-state index contributed by atoms with van der Waals surface area (Å²) in [6.07, 6.45) is 0. The van der Waals surface area contributed by atoms with Crippen molar-refractivity contribution in [2.45, 2.75) is 27.7 Å². The summed E-state index contributed by atoms with van der Waals surface area (Å²) in [6.45, 7) is 11.7. The molecule has 3 nitrogen and oxygen atoms in total. The van der Waals surface area contributed by atoms with Gasteiger partial charge >= 0.3 is 0 Å². The molecule has 0 spiro atoms. The van der Waals surface area contributed by atoms with E-state index in [0.717, 1.165) is 32.1 Å². The summed E-state index contributed by atoms with van der Waals surface area (Å²) in [7, 11) is 0. The minimum absolute atomic E-state index is 0.191. The Morgan fingerprint density at radius 2 is 1.62 bits per heavy atom. The third kappa shape index (κ3) is 7.78. The summed E-state index contributed by atoms with van der Waals surface area (Å²) in [5.74, 6) is 1.02. The van der Waals surface area contributed by atoms with E-state index < -0.39 is 0 Å². The molecule has 0 bridgehead atoms. The summed E-state index contributed by atoms with van der Waals surface area (Å²) in [5, 5.41) is 3.18. The van der Waals surface area contributed by atoms with Crippen molar-refractivity contribution in [3.8, 4) is 0 Å². The maximum atomic E-state index is 10.7. The van der Waals surface area contributed by atoms with E-state index in [4.69, 9.17) is 0 Å². The van der Waals surface area contributed by atoms with Crippen molar-refractivity contribution in [2.24, 2.45) is 5.92 Å². The Labute approximate surface area is 81.5 Å². The van der Waals surface area contributed by atoms with Gasteiger partial charge in [0.1, 0.15) is 0 Å². The van der Waals surface area contributed by atoms with Gasteiger partial charge in [-0.15, -0.1) is 0 Å². The molecule has 1 amide bonds. The molecule has 1 rings (SSSR count). The molecule has 1 aliphatic rings. The highest BCUT2D eigenvalue weighted by Gasteiger charge is 2.10. The van der Waals surface area contributed by atoms with E-state index >= 15 is 0 Å². The average molecular weight is 186 g/mol. The molecule has 13 heavy (non-hydrogen) atoms. The van der Waals surface area contributed by atoms with Crippen LogP contribution in [0.1, 0.15) is 27.7 Å². The van der Waals surface area contributed by atoms with Crippen LogP contribution in [0.3, 0.4) is 0 Å². The summed E-state index contributed by atoms with van der Waals surface area (Å²) >= 11 is 0. The Balaban J connectivity index is 0.000000310. The second kappa shape index (κ2) is 6.89. The summed E-state index contributed by atoms with van der Waals surface area (Å²) in [5.41, 5.74) is 0. The molecule has 78 valence electrons. The zero-order valence-corrected chi connectivity index (χ0v) is 9.26. The highest BCUT2D eigenvalue weighted by Crippen LogP contribution is 1.90. The van der Waals surface area contributed by atoms with Gasteiger partial charge in [-0.05, 0) is 5.92 Å². The number of carbonyl (C=O) groups excluding carboxylic acids is 1. The van der Waals surface area contributed by atoms with E-state index in [9.17, 15) is 4.79 Å². The molecule has 0 saturated carbocycles. The Kier molecular flexibility index (Phi) is 6.59. The van der Waals surface area contributed by atoms with Gasteiger partial charge in [0.15, 0.2) is 0 Å². The number of amides is 1. The van der Waals surface area contributed by atoms with Gasteiger partial charge in [0, 0.05) is 33.1 Å². The van der Waals surface area contributed by atoms with Gasteiger partial charge in [0.05, 0.1) is 0 Å². The number of rotatable bonds is 0. The van der Waals surface area contributed by atoms with Crippen LogP contribution in [0.15, 0.2) is 0 Å². The second-order valence-electron chi connectivity index (χ2n) is 3.99. The van der Waals surface area contributed by atoms with Crippen LogP contribution in [0.5, 0.6) is 0 Å². The molecule has 0 aromatic heterocycles. The lowest BCUT2D eigenvalue weighted by Gasteiger charge is -2.25. The van der Waals surface area contributed by atoms with Gasteiger partial charge < -0.3 is 10.2 Å². The lowest BCUT2D eigenvalue weighted by Crippen LogP contribution is -2.45. The fourth-order valence-electron chi connectivity index (χ4n) is 0.980.